The van der Waals surface area contributed by atoms with Crippen molar-refractivity contribution in [3.05, 3.63) is 59.4 Å². The van der Waals surface area contributed by atoms with E-state index in [1.54, 1.807) is 11.1 Å². The van der Waals surface area contributed by atoms with Crippen LogP contribution in [0.3, 0.4) is 0 Å². The minimum Gasteiger partial charge on any atom is -0.0505 e. The Kier molecular flexibility index (Phi) is 5.11. The molecule has 0 bridgehead atoms. The Bertz CT molecular complexity index is 789. The fraction of sp³-hybridized carbons (Fsp3) is 0.294. The first-order valence-electron chi connectivity index (χ1n) is 7.20. The summed E-state index contributed by atoms with van der Waals surface area (Å²) in [6.45, 7) is 0. The Balaban J connectivity index is 2.09. The quantitative estimate of drug-likeness (QED) is 0.187. The monoisotopic (exact) mass is 784 g/mol. The van der Waals surface area contributed by atoms with Crippen molar-refractivity contribution >= 4 is 109 Å². The summed E-state index contributed by atoms with van der Waals surface area (Å²) >= 11 is 20.2. The summed E-state index contributed by atoms with van der Waals surface area (Å²) in [5.74, 6) is 0. The predicted molar refractivity (Wildman–Crippen MR) is 127 cm³/mol. The molecule has 4 rings (SSSR count). The van der Waals surface area contributed by atoms with E-state index in [9.17, 15) is 0 Å². The highest BCUT2D eigenvalue weighted by molar-refractivity contribution is 14.1. The summed E-state index contributed by atoms with van der Waals surface area (Å²) in [6, 6.07) is 4.41. The molecule has 0 fully saturated rings. The van der Waals surface area contributed by atoms with Gasteiger partial charge in [-0.2, -0.15) is 0 Å². The second-order valence-electron chi connectivity index (χ2n) is 6.10. The molecule has 1 spiro atoms. The summed E-state index contributed by atoms with van der Waals surface area (Å²) in [5.41, 5.74) is 6.24. The third kappa shape index (κ3) is 2.62. The fourth-order valence-electron chi connectivity index (χ4n) is 4.18. The van der Waals surface area contributed by atoms with E-state index >= 15 is 0 Å². The zero-order valence-corrected chi connectivity index (χ0v) is 22.4. The largest absolute Gasteiger partial charge is 0.0505 e. The molecular formula is C17H10Br4I2. The Morgan fingerprint density at radius 1 is 0.696 bits per heavy atom. The van der Waals surface area contributed by atoms with Crippen molar-refractivity contribution in [2.75, 3.05) is 0 Å². The number of rotatable bonds is 0. The van der Waals surface area contributed by atoms with Crippen LogP contribution < -0.4 is 0 Å². The molecule has 0 saturated heterocycles. The number of halogens is 6. The van der Waals surface area contributed by atoms with E-state index in [-0.39, 0.29) is 5.41 Å². The summed E-state index contributed by atoms with van der Waals surface area (Å²) in [6.07, 6.45) is 4.72. The molecule has 2 aromatic rings. The SMILES string of the molecule is Brc1cc(Br)c2c(c1I)C1(CC2)CCc2c(Br)cc(Br)c(I)c21. The standard InChI is InChI=1S/C17H10Br4I2/c18-9-5-11(20)15(22)13-7(9)1-3-17(13)4-2-8-10(19)6-12(21)16(23)14(8)17/h5-6H,1-4H2. The first-order chi connectivity index (χ1) is 10.9. The Morgan fingerprint density at radius 3 is 1.48 bits per heavy atom. The molecule has 0 amide bonds. The Hall–Kier alpha value is 1.82. The van der Waals surface area contributed by atoms with Crippen LogP contribution in [-0.2, 0) is 18.3 Å². The highest BCUT2D eigenvalue weighted by atomic mass is 127. The molecule has 6 heteroatoms. The van der Waals surface area contributed by atoms with Gasteiger partial charge in [0.05, 0.1) is 0 Å². The van der Waals surface area contributed by atoms with Gasteiger partial charge in [0.15, 0.2) is 0 Å². The van der Waals surface area contributed by atoms with E-state index in [1.165, 1.54) is 49.0 Å². The summed E-state index contributed by atoms with van der Waals surface area (Å²) in [4.78, 5) is 0. The predicted octanol–water partition coefficient (Wildman–Crippen LogP) is 8.12. The zero-order valence-electron chi connectivity index (χ0n) is 11.8. The minimum absolute atomic E-state index is 0.163. The minimum atomic E-state index is 0.163. The fourth-order valence-corrected chi connectivity index (χ4v) is 8.89. The first kappa shape index (κ1) is 18.2. The average molecular weight is 788 g/mol. The zero-order chi connectivity index (χ0) is 16.5. The second-order valence-corrected chi connectivity index (χ2v) is 11.7. The molecule has 0 saturated carbocycles. The maximum atomic E-state index is 3.80. The van der Waals surface area contributed by atoms with Crippen LogP contribution in [0.15, 0.2) is 30.0 Å². The summed E-state index contributed by atoms with van der Waals surface area (Å²) in [5, 5.41) is 0. The van der Waals surface area contributed by atoms with E-state index in [0.29, 0.717) is 0 Å². The van der Waals surface area contributed by atoms with Crippen molar-refractivity contribution in [1.29, 1.82) is 0 Å². The second kappa shape index (κ2) is 6.46. The molecule has 0 heterocycles. The van der Waals surface area contributed by atoms with Gasteiger partial charge in [-0.25, -0.2) is 0 Å². The molecule has 0 aromatic heterocycles. The van der Waals surface area contributed by atoms with Gasteiger partial charge >= 0.3 is 0 Å². The lowest BCUT2D eigenvalue weighted by atomic mass is 9.77. The van der Waals surface area contributed by atoms with Gasteiger partial charge in [-0.05, 0) is 137 Å². The van der Waals surface area contributed by atoms with Gasteiger partial charge in [0.1, 0.15) is 0 Å². The molecule has 0 atom stereocenters. The Labute approximate surface area is 196 Å². The molecule has 0 unspecified atom stereocenters. The number of hydrogen-bond acceptors (Lipinski definition) is 0. The number of hydrogen-bond donors (Lipinski definition) is 0. The highest BCUT2D eigenvalue weighted by Crippen LogP contribution is 2.58. The van der Waals surface area contributed by atoms with Gasteiger partial charge in [-0.1, -0.05) is 31.9 Å². The van der Waals surface area contributed by atoms with Crippen molar-refractivity contribution in [2.45, 2.75) is 31.1 Å². The van der Waals surface area contributed by atoms with Crippen molar-refractivity contribution in [1.82, 2.24) is 0 Å². The van der Waals surface area contributed by atoms with E-state index in [0.717, 1.165) is 12.8 Å². The molecule has 0 aliphatic heterocycles. The van der Waals surface area contributed by atoms with Crippen molar-refractivity contribution < 1.29 is 0 Å². The lowest BCUT2D eigenvalue weighted by Gasteiger charge is -2.30. The smallest absolute Gasteiger partial charge is 0.0323 e. The van der Waals surface area contributed by atoms with Gasteiger partial charge in [0.2, 0.25) is 0 Å². The van der Waals surface area contributed by atoms with Crippen LogP contribution in [0.4, 0.5) is 0 Å². The van der Waals surface area contributed by atoms with Gasteiger partial charge in [0, 0.05) is 30.4 Å². The third-order valence-electron chi connectivity index (χ3n) is 5.11. The van der Waals surface area contributed by atoms with Crippen LogP contribution in [0.5, 0.6) is 0 Å². The molecule has 120 valence electrons. The van der Waals surface area contributed by atoms with E-state index in [1.807, 2.05) is 0 Å². The normalized spacial score (nSPS) is 17.7. The van der Waals surface area contributed by atoms with Crippen LogP contribution in [0, 0.1) is 7.14 Å². The van der Waals surface area contributed by atoms with Crippen LogP contribution in [0.1, 0.15) is 35.1 Å². The molecule has 2 aromatic carbocycles. The summed E-state index contributed by atoms with van der Waals surface area (Å²) < 4.78 is 7.63. The maximum absolute atomic E-state index is 3.80. The van der Waals surface area contributed by atoms with Crippen molar-refractivity contribution in [2.24, 2.45) is 0 Å². The van der Waals surface area contributed by atoms with Gasteiger partial charge in [-0.15, -0.1) is 0 Å². The van der Waals surface area contributed by atoms with Gasteiger partial charge < -0.3 is 0 Å². The van der Waals surface area contributed by atoms with E-state index in [2.05, 4.69) is 121 Å². The van der Waals surface area contributed by atoms with Crippen LogP contribution in [0.2, 0.25) is 0 Å². The van der Waals surface area contributed by atoms with Crippen molar-refractivity contribution in [3.63, 3.8) is 0 Å². The molecular weight excluding hydrogens is 778 g/mol. The van der Waals surface area contributed by atoms with Gasteiger partial charge in [-0.3, -0.25) is 0 Å². The lowest BCUT2D eigenvalue weighted by Crippen LogP contribution is -2.24. The molecule has 0 nitrogen and oxygen atoms in total. The van der Waals surface area contributed by atoms with Crippen LogP contribution in [0.25, 0.3) is 0 Å². The van der Waals surface area contributed by atoms with Gasteiger partial charge in [0.25, 0.3) is 0 Å². The van der Waals surface area contributed by atoms with Crippen LogP contribution >= 0.6 is 109 Å². The molecule has 2 aliphatic carbocycles. The first-order valence-corrected chi connectivity index (χ1v) is 12.5. The molecule has 23 heavy (non-hydrogen) atoms. The average Bonchev–Trinajstić information content (AvgIpc) is 3.06. The van der Waals surface area contributed by atoms with E-state index < -0.39 is 0 Å². The molecule has 0 N–H and O–H groups in total. The molecule has 2 aliphatic rings. The topological polar surface area (TPSA) is 0 Å². The number of benzene rings is 2. The van der Waals surface area contributed by atoms with Crippen LogP contribution in [-0.4, -0.2) is 0 Å². The Morgan fingerprint density at radius 2 is 1.09 bits per heavy atom. The third-order valence-corrected chi connectivity index (χ3v) is 11.5. The maximum Gasteiger partial charge on any atom is 0.0323 e. The van der Waals surface area contributed by atoms with E-state index in [4.69, 9.17) is 0 Å². The molecule has 0 radical (unpaired) electrons. The highest BCUT2D eigenvalue weighted by Gasteiger charge is 2.48. The number of fused-ring (bicyclic) bond motifs is 4. The lowest BCUT2D eigenvalue weighted by molar-refractivity contribution is 0.503. The summed E-state index contributed by atoms with van der Waals surface area (Å²) in [7, 11) is 0. The van der Waals surface area contributed by atoms with Crippen molar-refractivity contribution in [3.8, 4) is 0 Å².